The molecule has 36 heavy (non-hydrogen) atoms. The second-order valence-corrected chi connectivity index (χ2v) is 10.2. The maximum absolute atomic E-state index is 10.8. The number of carbonyl (C=O) groups is 4. The third kappa shape index (κ3) is 35.8. The van der Waals surface area contributed by atoms with Gasteiger partial charge in [-0.3, -0.25) is 38.8 Å². The second kappa shape index (κ2) is 22.6. The van der Waals surface area contributed by atoms with Crippen LogP contribution < -0.4 is 0 Å². The standard InChI is InChI=1S/2C4H8O9P2.4CH4.2Cu/c2*1-3(5)11-14(7,8)13-15(9,10)12-4(2)6;;;;;;/h2*1-2H3,(H,7,8)(H,9,10);4*1H4;;. The van der Waals surface area contributed by atoms with Crippen molar-refractivity contribution in [2.45, 2.75) is 57.4 Å². The molecule has 0 fully saturated rings. The first-order chi connectivity index (χ1) is 13.1. The first kappa shape index (κ1) is 55.9. The fraction of sp³-hybridized carbons (Fsp3) is 0.667. The van der Waals surface area contributed by atoms with Crippen LogP contribution in [-0.2, 0) is 98.3 Å². The van der Waals surface area contributed by atoms with Crippen molar-refractivity contribution in [3.63, 3.8) is 0 Å². The Morgan fingerprint density at radius 1 is 0.444 bits per heavy atom. The molecule has 0 aromatic carbocycles. The quantitative estimate of drug-likeness (QED) is 0.207. The summed E-state index contributed by atoms with van der Waals surface area (Å²) < 4.78 is 65.0. The molecule has 4 atom stereocenters. The van der Waals surface area contributed by atoms with E-state index in [1.165, 1.54) is 0 Å². The SMILES string of the molecule is C.C.C.C.CC(=O)OP(=O)(O)OP(=O)(O)OC(C)=O.CC(=O)OP(=O)(O)OP(=O)(O)OC(C)=O.[Cu].[Cu]. The molecule has 0 aliphatic heterocycles. The zero-order valence-corrected chi connectivity index (χ0v) is 21.4. The number of phosphoric acid groups is 4. The third-order valence-electron chi connectivity index (χ3n) is 1.39. The number of carbonyl (C=O) groups excluding carboxylic acids is 4. The van der Waals surface area contributed by atoms with Crippen molar-refractivity contribution in [2.24, 2.45) is 0 Å². The van der Waals surface area contributed by atoms with Crippen LogP contribution in [0.3, 0.4) is 0 Å². The predicted molar refractivity (Wildman–Crippen MR) is 115 cm³/mol. The Bertz CT molecular complexity index is 738. The summed E-state index contributed by atoms with van der Waals surface area (Å²) in [5, 5.41) is 0. The Labute approximate surface area is 230 Å². The van der Waals surface area contributed by atoms with E-state index in [0.29, 0.717) is 0 Å². The molecule has 0 aromatic heterocycles. The van der Waals surface area contributed by atoms with E-state index in [0.717, 1.165) is 27.7 Å². The monoisotopic (exact) mass is 714 g/mol. The molecule has 0 saturated carbocycles. The molecule has 18 nitrogen and oxygen atoms in total. The summed E-state index contributed by atoms with van der Waals surface area (Å²) in [6, 6.07) is 0. The van der Waals surface area contributed by atoms with Crippen LogP contribution in [0.25, 0.3) is 0 Å². The summed E-state index contributed by atoms with van der Waals surface area (Å²) >= 11 is 0. The summed E-state index contributed by atoms with van der Waals surface area (Å²) in [4.78, 5) is 75.8. The van der Waals surface area contributed by atoms with E-state index in [1.807, 2.05) is 0 Å². The van der Waals surface area contributed by atoms with Gasteiger partial charge in [-0.1, -0.05) is 29.7 Å². The van der Waals surface area contributed by atoms with Crippen molar-refractivity contribution in [1.82, 2.24) is 0 Å². The van der Waals surface area contributed by atoms with Crippen molar-refractivity contribution < 1.29 is 118 Å². The van der Waals surface area contributed by atoms with Crippen LogP contribution >= 0.6 is 31.3 Å². The molecule has 230 valence electrons. The molecule has 0 saturated heterocycles. The van der Waals surface area contributed by atoms with Gasteiger partial charge in [-0.15, -0.1) is 0 Å². The van der Waals surface area contributed by atoms with E-state index in [4.69, 9.17) is 19.6 Å². The van der Waals surface area contributed by atoms with Crippen molar-refractivity contribution in [2.75, 3.05) is 0 Å². The minimum absolute atomic E-state index is 0. The maximum Gasteiger partial charge on any atom is 0.539 e. The van der Waals surface area contributed by atoms with Gasteiger partial charge in [0.2, 0.25) is 0 Å². The molecule has 4 unspecified atom stereocenters. The smallest absolute Gasteiger partial charge is 0.371 e. The molecular weight excluding hydrogens is 683 g/mol. The minimum atomic E-state index is -5.07. The maximum atomic E-state index is 10.8. The van der Waals surface area contributed by atoms with Crippen LogP contribution in [0.2, 0.25) is 0 Å². The first-order valence-corrected chi connectivity index (χ1v) is 12.6. The van der Waals surface area contributed by atoms with E-state index in [-0.39, 0.29) is 63.8 Å². The Morgan fingerprint density at radius 2 is 0.556 bits per heavy atom. The fourth-order valence-electron chi connectivity index (χ4n) is 0.977. The van der Waals surface area contributed by atoms with E-state index >= 15 is 0 Å². The van der Waals surface area contributed by atoms with E-state index in [9.17, 15) is 37.4 Å². The van der Waals surface area contributed by atoms with Gasteiger partial charge in [0.25, 0.3) is 0 Å². The van der Waals surface area contributed by atoms with Crippen LogP contribution in [0.5, 0.6) is 0 Å². The predicted octanol–water partition coefficient (Wildman–Crippen LogP) is 3.20. The molecule has 24 heteroatoms. The van der Waals surface area contributed by atoms with Crippen molar-refractivity contribution in [3.05, 3.63) is 0 Å². The normalized spacial score (nSPS) is 15.3. The van der Waals surface area contributed by atoms with E-state index in [2.05, 4.69) is 26.7 Å². The van der Waals surface area contributed by atoms with Gasteiger partial charge in [0, 0.05) is 61.8 Å². The third-order valence-corrected chi connectivity index (χ3v) is 6.64. The van der Waals surface area contributed by atoms with Gasteiger partial charge in [0.1, 0.15) is 0 Å². The zero-order chi connectivity index (χ0) is 24.6. The van der Waals surface area contributed by atoms with Crippen LogP contribution in [0.4, 0.5) is 0 Å². The molecule has 0 aliphatic carbocycles. The topological polar surface area (TPSA) is 273 Å². The summed E-state index contributed by atoms with van der Waals surface area (Å²) in [5.41, 5.74) is 0. The van der Waals surface area contributed by atoms with Gasteiger partial charge in [-0.25, -0.2) is 18.3 Å². The number of hydrogen-bond donors (Lipinski definition) is 4. The average Bonchev–Trinajstić information content (AvgIpc) is 2.27. The second-order valence-electron chi connectivity index (χ2n) is 4.37. The molecule has 0 heterocycles. The van der Waals surface area contributed by atoms with Crippen LogP contribution in [-0.4, -0.2) is 43.5 Å². The van der Waals surface area contributed by atoms with Crippen LogP contribution in [0, 0.1) is 0 Å². The molecular formula is C12H32Cu2O18P4. The van der Waals surface area contributed by atoms with Gasteiger partial charge in [0.15, 0.2) is 0 Å². The van der Waals surface area contributed by atoms with Gasteiger partial charge >= 0.3 is 55.2 Å². The minimum Gasteiger partial charge on any atom is -0.371 e. The van der Waals surface area contributed by atoms with E-state index in [1.54, 1.807) is 0 Å². The van der Waals surface area contributed by atoms with Gasteiger partial charge in [-0.2, -0.15) is 8.62 Å². The Balaban J connectivity index is -0.0000000622. The summed E-state index contributed by atoms with van der Waals surface area (Å²) in [5.74, 6) is -4.82. The van der Waals surface area contributed by atoms with Gasteiger partial charge in [-0.05, 0) is 0 Å². The molecule has 2 radical (unpaired) electrons. The first-order valence-electron chi connectivity index (χ1n) is 6.62. The molecule has 0 spiro atoms. The molecule has 0 rings (SSSR count). The summed E-state index contributed by atoms with van der Waals surface area (Å²) in [6.07, 6.45) is 0. The number of hydrogen-bond acceptors (Lipinski definition) is 14. The Morgan fingerprint density at radius 3 is 0.639 bits per heavy atom. The Kier molecular flexibility index (Phi) is 35.1. The fourth-order valence-corrected chi connectivity index (χ4v) is 4.90. The molecule has 0 bridgehead atoms. The molecule has 0 amide bonds. The number of rotatable bonds is 8. The van der Waals surface area contributed by atoms with Crippen molar-refractivity contribution in [3.8, 4) is 0 Å². The van der Waals surface area contributed by atoms with Gasteiger partial charge in [0.05, 0.1) is 0 Å². The average molecular weight is 715 g/mol. The summed E-state index contributed by atoms with van der Waals surface area (Å²) in [7, 11) is -20.3. The van der Waals surface area contributed by atoms with Crippen LogP contribution in [0.1, 0.15) is 57.4 Å². The largest absolute Gasteiger partial charge is 0.539 e. The van der Waals surface area contributed by atoms with E-state index < -0.39 is 55.2 Å². The van der Waals surface area contributed by atoms with Crippen molar-refractivity contribution >= 4 is 55.2 Å². The summed E-state index contributed by atoms with van der Waals surface area (Å²) in [6.45, 7) is 3.11. The molecule has 0 aliphatic rings. The Hall–Kier alpha value is -0.401. The molecule has 0 aromatic rings. The van der Waals surface area contributed by atoms with Gasteiger partial charge < -0.3 is 18.1 Å². The number of phosphoric ester groups is 4. The molecule has 4 N–H and O–H groups in total. The zero-order valence-electron chi connectivity index (χ0n) is 15.9. The van der Waals surface area contributed by atoms with Crippen LogP contribution in [0.15, 0.2) is 0 Å². The van der Waals surface area contributed by atoms with Crippen molar-refractivity contribution in [1.29, 1.82) is 0 Å².